The predicted molar refractivity (Wildman–Crippen MR) is 85.3 cm³/mol. The molecule has 0 radical (unpaired) electrons. The summed E-state index contributed by atoms with van der Waals surface area (Å²) in [6.07, 6.45) is 1.69. The van der Waals surface area contributed by atoms with Gasteiger partial charge in [-0.05, 0) is 6.92 Å². The number of nitrogen functional groups attached to an aromatic ring is 1. The number of carbonyl (C=O) groups excluding carboxylic acids is 1. The molecule has 23 heavy (non-hydrogen) atoms. The van der Waals surface area contributed by atoms with E-state index in [1.54, 1.807) is 25.0 Å². The summed E-state index contributed by atoms with van der Waals surface area (Å²) in [5.74, 6) is 1.02. The number of anilines is 3. The van der Waals surface area contributed by atoms with Crippen LogP contribution in [-0.4, -0.2) is 42.3 Å². The summed E-state index contributed by atoms with van der Waals surface area (Å²) in [6, 6.07) is 0. The fourth-order valence-electron chi connectivity index (χ4n) is 2.27. The third kappa shape index (κ3) is 2.43. The van der Waals surface area contributed by atoms with Crippen LogP contribution in [0.15, 0.2) is 6.20 Å². The Bertz CT molecular complexity index is 908. The Morgan fingerprint density at radius 3 is 2.70 bits per heavy atom. The first-order valence-corrected chi connectivity index (χ1v) is 6.90. The third-order valence-electron chi connectivity index (χ3n) is 3.48. The van der Waals surface area contributed by atoms with Crippen LogP contribution in [0.2, 0.25) is 0 Å². The van der Waals surface area contributed by atoms with Crippen LogP contribution in [0.4, 0.5) is 17.5 Å². The Morgan fingerprint density at radius 1 is 1.26 bits per heavy atom. The van der Waals surface area contributed by atoms with Gasteiger partial charge >= 0.3 is 0 Å². The van der Waals surface area contributed by atoms with Crippen molar-refractivity contribution in [3.63, 3.8) is 0 Å². The number of nitrogens with one attached hydrogen (secondary N) is 2. The number of carbonyl (C=O) groups is 1. The number of nitrogens with zero attached hydrogens (tertiary/aromatic N) is 6. The topological polar surface area (TPSA) is 129 Å². The Labute approximate surface area is 131 Å². The lowest BCUT2D eigenvalue weighted by atomic mass is 10.3. The molecule has 0 aliphatic carbocycles. The normalized spacial score (nSPS) is 11.0. The van der Waals surface area contributed by atoms with Gasteiger partial charge in [-0.3, -0.25) is 9.48 Å². The molecule has 0 unspecified atom stereocenters. The molecule has 0 saturated carbocycles. The molecule has 0 spiro atoms. The second-order valence-corrected chi connectivity index (χ2v) is 5.09. The van der Waals surface area contributed by atoms with E-state index in [1.807, 2.05) is 18.5 Å². The van der Waals surface area contributed by atoms with E-state index in [0.29, 0.717) is 22.7 Å². The first kappa shape index (κ1) is 14.8. The molecule has 0 atom stereocenters. The number of imidazole rings is 1. The molecule has 0 aliphatic rings. The molecule has 10 nitrogen and oxygen atoms in total. The van der Waals surface area contributed by atoms with Crippen molar-refractivity contribution in [2.24, 2.45) is 14.1 Å². The average Bonchev–Trinajstić information content (AvgIpc) is 3.00. The SMILES string of the molecule is CNC(=O)c1nn(C)cc1Nc1nc(N)nc2c1nc(C)n2C. The Kier molecular flexibility index (Phi) is 3.36. The van der Waals surface area contributed by atoms with E-state index in [9.17, 15) is 4.79 Å². The van der Waals surface area contributed by atoms with Crippen molar-refractivity contribution in [2.45, 2.75) is 6.92 Å². The first-order valence-electron chi connectivity index (χ1n) is 6.90. The van der Waals surface area contributed by atoms with E-state index < -0.39 is 0 Å². The van der Waals surface area contributed by atoms with Gasteiger partial charge in [0.2, 0.25) is 5.95 Å². The Hall–Kier alpha value is -3.17. The van der Waals surface area contributed by atoms with Gasteiger partial charge in [0, 0.05) is 27.3 Å². The fraction of sp³-hybridized carbons (Fsp3) is 0.308. The molecular weight excluding hydrogens is 298 g/mol. The lowest BCUT2D eigenvalue weighted by Gasteiger charge is -2.06. The summed E-state index contributed by atoms with van der Waals surface area (Å²) in [5.41, 5.74) is 7.74. The molecule has 3 heterocycles. The van der Waals surface area contributed by atoms with E-state index in [0.717, 1.165) is 5.82 Å². The maximum Gasteiger partial charge on any atom is 0.273 e. The highest BCUT2D eigenvalue weighted by Crippen LogP contribution is 2.25. The van der Waals surface area contributed by atoms with Crippen molar-refractivity contribution in [1.82, 2.24) is 34.6 Å². The molecule has 3 rings (SSSR count). The largest absolute Gasteiger partial charge is 0.368 e. The van der Waals surface area contributed by atoms with Crippen LogP contribution in [0.1, 0.15) is 16.3 Å². The zero-order valence-corrected chi connectivity index (χ0v) is 13.2. The second-order valence-electron chi connectivity index (χ2n) is 5.09. The van der Waals surface area contributed by atoms with Crippen molar-refractivity contribution in [3.8, 4) is 0 Å². The molecule has 10 heteroatoms. The van der Waals surface area contributed by atoms with Crippen LogP contribution in [0.25, 0.3) is 11.2 Å². The van der Waals surface area contributed by atoms with E-state index in [2.05, 4.69) is 30.7 Å². The van der Waals surface area contributed by atoms with E-state index in [4.69, 9.17) is 5.73 Å². The highest BCUT2D eigenvalue weighted by atomic mass is 16.1. The van der Waals surface area contributed by atoms with Gasteiger partial charge in [-0.25, -0.2) is 4.98 Å². The molecule has 120 valence electrons. The van der Waals surface area contributed by atoms with Gasteiger partial charge in [0.15, 0.2) is 22.7 Å². The number of hydrogen-bond donors (Lipinski definition) is 3. The second kappa shape index (κ2) is 5.23. The Balaban J connectivity index is 2.12. The van der Waals surface area contributed by atoms with Crippen LogP contribution in [0.5, 0.6) is 0 Å². The van der Waals surface area contributed by atoms with Crippen molar-refractivity contribution >= 4 is 34.5 Å². The fourth-order valence-corrected chi connectivity index (χ4v) is 2.27. The van der Waals surface area contributed by atoms with Gasteiger partial charge in [0.25, 0.3) is 5.91 Å². The number of aryl methyl sites for hydroxylation is 3. The zero-order valence-electron chi connectivity index (χ0n) is 13.2. The monoisotopic (exact) mass is 315 g/mol. The van der Waals surface area contributed by atoms with Gasteiger partial charge in [-0.1, -0.05) is 0 Å². The molecule has 4 N–H and O–H groups in total. The quantitative estimate of drug-likeness (QED) is 0.624. The molecule has 0 saturated heterocycles. The summed E-state index contributed by atoms with van der Waals surface area (Å²) >= 11 is 0. The molecule has 3 aromatic heterocycles. The van der Waals surface area contributed by atoms with E-state index in [-0.39, 0.29) is 17.5 Å². The summed E-state index contributed by atoms with van der Waals surface area (Å²) in [7, 11) is 5.12. The summed E-state index contributed by atoms with van der Waals surface area (Å²) < 4.78 is 3.36. The van der Waals surface area contributed by atoms with Crippen LogP contribution >= 0.6 is 0 Å². The number of aromatic nitrogens is 6. The van der Waals surface area contributed by atoms with Gasteiger partial charge in [0.05, 0.1) is 5.69 Å². The first-order chi connectivity index (χ1) is 10.9. The molecular formula is C13H17N9O. The standard InChI is InChI=1S/C13H17N9O/c1-6-16-9-10(18-13(14)19-11(9)22(6)4)17-7-5-21(3)20-8(7)12(23)15-2/h5H,1-4H3,(H,15,23)(H3,14,17,18,19). The van der Waals surface area contributed by atoms with Gasteiger partial charge in [-0.2, -0.15) is 15.1 Å². The maximum absolute atomic E-state index is 11.9. The average molecular weight is 315 g/mol. The molecule has 1 amide bonds. The number of amides is 1. The van der Waals surface area contributed by atoms with Crippen molar-refractivity contribution in [3.05, 3.63) is 17.7 Å². The molecule has 0 aromatic carbocycles. The lowest BCUT2D eigenvalue weighted by molar-refractivity contribution is 0.0958. The maximum atomic E-state index is 11.9. The molecule has 0 aliphatic heterocycles. The Morgan fingerprint density at radius 2 is 2.00 bits per heavy atom. The lowest BCUT2D eigenvalue weighted by Crippen LogP contribution is -2.19. The highest BCUT2D eigenvalue weighted by Gasteiger charge is 2.19. The minimum Gasteiger partial charge on any atom is -0.368 e. The van der Waals surface area contributed by atoms with Crippen LogP contribution < -0.4 is 16.4 Å². The highest BCUT2D eigenvalue weighted by molar-refractivity contribution is 5.99. The molecule has 0 fully saturated rings. The van der Waals surface area contributed by atoms with Gasteiger partial charge in [0.1, 0.15) is 5.82 Å². The molecule has 0 bridgehead atoms. The van der Waals surface area contributed by atoms with Gasteiger partial charge in [-0.15, -0.1) is 0 Å². The third-order valence-corrected chi connectivity index (χ3v) is 3.48. The zero-order chi connectivity index (χ0) is 16.7. The predicted octanol–water partition coefficient (Wildman–Crippen LogP) is 0.0906. The van der Waals surface area contributed by atoms with Crippen molar-refractivity contribution in [1.29, 1.82) is 0 Å². The van der Waals surface area contributed by atoms with E-state index in [1.165, 1.54) is 0 Å². The summed E-state index contributed by atoms with van der Waals surface area (Å²) in [5, 5.41) is 9.78. The number of nitrogens with two attached hydrogens (primary N) is 1. The van der Waals surface area contributed by atoms with Crippen molar-refractivity contribution in [2.75, 3.05) is 18.1 Å². The number of hydrogen-bond acceptors (Lipinski definition) is 7. The molecule has 3 aromatic rings. The van der Waals surface area contributed by atoms with Crippen LogP contribution in [-0.2, 0) is 14.1 Å². The van der Waals surface area contributed by atoms with E-state index >= 15 is 0 Å². The number of rotatable bonds is 3. The number of fused-ring (bicyclic) bond motifs is 1. The summed E-state index contributed by atoms with van der Waals surface area (Å²) in [4.78, 5) is 24.8. The summed E-state index contributed by atoms with van der Waals surface area (Å²) in [6.45, 7) is 1.86. The van der Waals surface area contributed by atoms with Crippen LogP contribution in [0, 0.1) is 6.92 Å². The van der Waals surface area contributed by atoms with Gasteiger partial charge < -0.3 is 20.9 Å². The smallest absolute Gasteiger partial charge is 0.273 e. The minimum atomic E-state index is -0.302. The van der Waals surface area contributed by atoms with Crippen LogP contribution in [0.3, 0.4) is 0 Å². The minimum absolute atomic E-state index is 0.119. The van der Waals surface area contributed by atoms with Crippen molar-refractivity contribution < 1.29 is 4.79 Å².